The highest BCUT2D eigenvalue weighted by Crippen LogP contribution is 2.68. The van der Waals surface area contributed by atoms with Gasteiger partial charge in [-0.2, -0.15) is 13.2 Å². The van der Waals surface area contributed by atoms with Crippen molar-refractivity contribution >= 4 is 5.78 Å². The number of fused-ring (bicyclic) bond motifs is 5. The summed E-state index contributed by atoms with van der Waals surface area (Å²) in [6, 6.07) is 0. The van der Waals surface area contributed by atoms with Gasteiger partial charge in [0.2, 0.25) is 0 Å². The molecule has 0 aromatic heterocycles. The van der Waals surface area contributed by atoms with Gasteiger partial charge in [0.25, 0.3) is 0 Å². The maximum absolute atomic E-state index is 13.9. The van der Waals surface area contributed by atoms with Gasteiger partial charge in [0.1, 0.15) is 5.78 Å². The number of Topliss-reactive ketones (excluding diaryl/α,β-unsaturated/α-hetero) is 1. The molecule has 0 amide bonds. The Bertz CT molecular complexity index is 541. The first kappa shape index (κ1) is 16.9. The van der Waals surface area contributed by atoms with Crippen molar-refractivity contribution in [3.05, 3.63) is 0 Å². The minimum Gasteiger partial charge on any atom is -0.300 e. The molecule has 4 fully saturated rings. The van der Waals surface area contributed by atoms with Crippen LogP contribution in [0.2, 0.25) is 0 Å². The zero-order valence-electron chi connectivity index (χ0n) is 14.8. The fourth-order valence-corrected chi connectivity index (χ4v) is 7.60. The van der Waals surface area contributed by atoms with Crippen LogP contribution in [0.5, 0.6) is 0 Å². The third-order valence-electron chi connectivity index (χ3n) is 8.80. The van der Waals surface area contributed by atoms with Crippen molar-refractivity contribution in [1.82, 2.24) is 0 Å². The van der Waals surface area contributed by atoms with E-state index < -0.39 is 17.5 Å². The average Bonchev–Trinajstić information content (AvgIpc) is 2.88. The van der Waals surface area contributed by atoms with E-state index in [1.165, 1.54) is 19.3 Å². The molecular weight excluding hydrogens is 313 g/mol. The SMILES string of the molecule is C[C@@]12CCC[C@H]1[C@@H]1CC[C@H]3CC(=O)CC(C(F)(F)F)[C@]3(C)[C@H]1CC2. The Morgan fingerprint density at radius 1 is 0.958 bits per heavy atom. The summed E-state index contributed by atoms with van der Waals surface area (Å²) in [5.41, 5.74) is -0.360. The van der Waals surface area contributed by atoms with Gasteiger partial charge >= 0.3 is 6.18 Å². The van der Waals surface area contributed by atoms with Gasteiger partial charge in [-0.05, 0) is 73.0 Å². The second-order valence-electron chi connectivity index (χ2n) is 9.64. The molecular formula is C20H29F3O. The van der Waals surface area contributed by atoms with E-state index in [1.54, 1.807) is 0 Å². The van der Waals surface area contributed by atoms with E-state index in [-0.39, 0.29) is 24.0 Å². The summed E-state index contributed by atoms with van der Waals surface area (Å²) >= 11 is 0. The smallest absolute Gasteiger partial charge is 0.300 e. The lowest BCUT2D eigenvalue weighted by Gasteiger charge is -2.62. The van der Waals surface area contributed by atoms with E-state index in [9.17, 15) is 18.0 Å². The van der Waals surface area contributed by atoms with Gasteiger partial charge in [0.15, 0.2) is 0 Å². The van der Waals surface area contributed by atoms with E-state index in [2.05, 4.69) is 6.92 Å². The third kappa shape index (κ3) is 2.23. The van der Waals surface area contributed by atoms with Crippen LogP contribution in [-0.4, -0.2) is 12.0 Å². The summed E-state index contributed by atoms with van der Waals surface area (Å²) in [5, 5.41) is 0. The molecule has 4 rings (SSSR count). The lowest BCUT2D eigenvalue weighted by molar-refractivity contribution is -0.251. The highest BCUT2D eigenvalue weighted by atomic mass is 19.4. The van der Waals surface area contributed by atoms with Crippen molar-refractivity contribution in [1.29, 1.82) is 0 Å². The van der Waals surface area contributed by atoms with Crippen LogP contribution in [0.25, 0.3) is 0 Å². The van der Waals surface area contributed by atoms with Crippen LogP contribution >= 0.6 is 0 Å². The van der Waals surface area contributed by atoms with Crippen molar-refractivity contribution in [3.63, 3.8) is 0 Å². The van der Waals surface area contributed by atoms with Gasteiger partial charge in [0, 0.05) is 12.8 Å². The van der Waals surface area contributed by atoms with E-state index >= 15 is 0 Å². The monoisotopic (exact) mass is 342 g/mol. The van der Waals surface area contributed by atoms with Crippen molar-refractivity contribution in [2.75, 3.05) is 0 Å². The molecule has 0 aliphatic heterocycles. The molecule has 136 valence electrons. The van der Waals surface area contributed by atoms with Crippen molar-refractivity contribution in [2.24, 2.45) is 40.4 Å². The largest absolute Gasteiger partial charge is 0.392 e. The summed E-state index contributed by atoms with van der Waals surface area (Å²) in [7, 11) is 0. The van der Waals surface area contributed by atoms with Gasteiger partial charge in [-0.25, -0.2) is 0 Å². The summed E-state index contributed by atoms with van der Waals surface area (Å²) < 4.78 is 41.6. The highest BCUT2D eigenvalue weighted by molar-refractivity contribution is 5.80. The predicted octanol–water partition coefficient (Wildman–Crippen LogP) is 5.78. The van der Waals surface area contributed by atoms with Crippen molar-refractivity contribution in [2.45, 2.75) is 77.8 Å². The number of carbonyl (C=O) groups is 1. The quantitative estimate of drug-likeness (QED) is 0.545. The maximum atomic E-state index is 13.9. The number of alkyl halides is 3. The van der Waals surface area contributed by atoms with Gasteiger partial charge in [-0.3, -0.25) is 4.79 Å². The predicted molar refractivity (Wildman–Crippen MR) is 86.3 cm³/mol. The molecule has 0 radical (unpaired) electrons. The first-order chi connectivity index (χ1) is 11.2. The van der Waals surface area contributed by atoms with Crippen LogP contribution in [0.3, 0.4) is 0 Å². The zero-order chi connectivity index (χ0) is 17.3. The number of rotatable bonds is 0. The summed E-state index contributed by atoms with van der Waals surface area (Å²) in [5.74, 6) is -0.426. The lowest BCUT2D eigenvalue weighted by Crippen LogP contribution is -2.59. The van der Waals surface area contributed by atoms with Crippen LogP contribution in [-0.2, 0) is 4.79 Å². The van der Waals surface area contributed by atoms with Gasteiger partial charge in [-0.15, -0.1) is 0 Å². The van der Waals surface area contributed by atoms with Gasteiger partial charge in [0.05, 0.1) is 5.92 Å². The van der Waals surface area contributed by atoms with Gasteiger partial charge < -0.3 is 0 Å². The van der Waals surface area contributed by atoms with E-state index in [4.69, 9.17) is 0 Å². The van der Waals surface area contributed by atoms with Crippen LogP contribution in [0, 0.1) is 40.4 Å². The Morgan fingerprint density at radius 2 is 1.71 bits per heavy atom. The highest BCUT2D eigenvalue weighted by Gasteiger charge is 2.65. The van der Waals surface area contributed by atoms with E-state index in [1.807, 2.05) is 6.92 Å². The normalized spacial score (nSPS) is 51.7. The van der Waals surface area contributed by atoms with E-state index in [0.717, 1.165) is 25.7 Å². The molecule has 4 heteroatoms. The second-order valence-corrected chi connectivity index (χ2v) is 9.64. The summed E-state index contributed by atoms with van der Waals surface area (Å²) in [6.45, 7) is 4.28. The third-order valence-corrected chi connectivity index (χ3v) is 8.80. The molecule has 0 N–H and O–H groups in total. The number of ketones is 1. The average molecular weight is 342 g/mol. The molecule has 1 unspecified atom stereocenters. The number of carbonyl (C=O) groups excluding carboxylic acids is 1. The second kappa shape index (κ2) is 5.23. The van der Waals surface area contributed by atoms with Crippen molar-refractivity contribution in [3.8, 4) is 0 Å². The van der Waals surface area contributed by atoms with E-state index in [0.29, 0.717) is 23.7 Å². The molecule has 4 aliphatic rings. The topological polar surface area (TPSA) is 17.1 Å². The number of hydrogen-bond donors (Lipinski definition) is 0. The molecule has 1 nitrogen and oxygen atoms in total. The maximum Gasteiger partial charge on any atom is 0.392 e. The minimum absolute atomic E-state index is 0.0580. The molecule has 4 saturated carbocycles. The Labute approximate surface area is 142 Å². The molecule has 0 aromatic carbocycles. The Morgan fingerprint density at radius 3 is 2.42 bits per heavy atom. The molecule has 0 saturated heterocycles. The lowest BCUT2D eigenvalue weighted by atomic mass is 9.43. The Kier molecular flexibility index (Phi) is 3.69. The molecule has 24 heavy (non-hydrogen) atoms. The molecule has 0 heterocycles. The molecule has 0 bridgehead atoms. The molecule has 0 spiro atoms. The van der Waals surface area contributed by atoms with Crippen LogP contribution in [0.15, 0.2) is 0 Å². The first-order valence-corrected chi connectivity index (χ1v) is 9.74. The standard InChI is InChI=1S/C20H29F3O/c1-18-8-3-4-15(18)14-6-5-12-10-13(24)11-17(20(21,22)23)19(12,2)16(14)7-9-18/h12,14-17H,3-11H2,1-2H3/t12-,14-,15-,16-,17?,18-,19-/m0/s1. The molecule has 0 aromatic rings. The minimum atomic E-state index is -4.25. The van der Waals surface area contributed by atoms with Gasteiger partial charge in [-0.1, -0.05) is 20.3 Å². The first-order valence-electron chi connectivity index (χ1n) is 9.74. The Balaban J connectivity index is 1.72. The number of hydrogen-bond acceptors (Lipinski definition) is 1. The number of halogens is 3. The van der Waals surface area contributed by atoms with Crippen LogP contribution < -0.4 is 0 Å². The fraction of sp³-hybridized carbons (Fsp3) is 0.950. The summed E-state index contributed by atoms with van der Waals surface area (Å²) in [6.07, 6.45) is 3.44. The molecule has 7 atom stereocenters. The van der Waals surface area contributed by atoms with Crippen LogP contribution in [0.1, 0.15) is 71.6 Å². The van der Waals surface area contributed by atoms with Crippen LogP contribution in [0.4, 0.5) is 13.2 Å². The van der Waals surface area contributed by atoms with Crippen molar-refractivity contribution < 1.29 is 18.0 Å². The Hall–Kier alpha value is -0.540. The zero-order valence-corrected chi connectivity index (χ0v) is 14.8. The molecule has 4 aliphatic carbocycles. The fourth-order valence-electron chi connectivity index (χ4n) is 7.60. The summed E-state index contributed by atoms with van der Waals surface area (Å²) in [4.78, 5) is 12.0.